The predicted molar refractivity (Wildman–Crippen MR) is 101 cm³/mol. The molecule has 3 rings (SSSR count). The van der Waals surface area contributed by atoms with E-state index in [9.17, 15) is 4.79 Å². The van der Waals surface area contributed by atoms with Gasteiger partial charge in [0.15, 0.2) is 0 Å². The molecule has 0 bridgehead atoms. The first-order valence-corrected chi connectivity index (χ1v) is 9.46. The summed E-state index contributed by atoms with van der Waals surface area (Å²) < 4.78 is 6.52. The Morgan fingerprint density at radius 2 is 2.00 bits per heavy atom. The lowest BCUT2D eigenvalue weighted by molar-refractivity contribution is 0.0626. The highest BCUT2D eigenvalue weighted by molar-refractivity contribution is 7.21. The molecule has 1 fully saturated rings. The van der Waals surface area contributed by atoms with Crippen molar-refractivity contribution in [1.29, 1.82) is 0 Å². The molecule has 0 aliphatic carbocycles. The molecule has 1 amide bonds. The molecule has 1 aromatic heterocycles. The van der Waals surface area contributed by atoms with E-state index in [4.69, 9.17) is 16.3 Å². The molecule has 1 aliphatic heterocycles. The van der Waals surface area contributed by atoms with Crippen molar-refractivity contribution in [2.24, 2.45) is 5.92 Å². The lowest BCUT2D eigenvalue weighted by Crippen LogP contribution is -2.49. The minimum atomic E-state index is 0.0633. The average Bonchev–Trinajstić information content (AvgIpc) is 2.91. The van der Waals surface area contributed by atoms with Crippen LogP contribution in [0.3, 0.4) is 0 Å². The molecule has 1 aromatic carbocycles. The number of amides is 1. The van der Waals surface area contributed by atoms with Gasteiger partial charge in [-0.1, -0.05) is 25.4 Å². The largest absolute Gasteiger partial charge is 0.494 e. The quantitative estimate of drug-likeness (QED) is 0.820. The minimum Gasteiger partial charge on any atom is -0.494 e. The second kappa shape index (κ2) is 7.30. The molecular formula is C18H23ClN2O2S. The molecule has 6 heteroatoms. The number of ether oxygens (including phenoxy) is 1. The summed E-state index contributed by atoms with van der Waals surface area (Å²) in [4.78, 5) is 18.0. The summed E-state index contributed by atoms with van der Waals surface area (Å²) in [7, 11) is 1.62. The molecule has 24 heavy (non-hydrogen) atoms. The van der Waals surface area contributed by atoms with Crippen molar-refractivity contribution in [1.82, 2.24) is 9.80 Å². The van der Waals surface area contributed by atoms with Crippen LogP contribution in [0.1, 0.15) is 23.5 Å². The monoisotopic (exact) mass is 366 g/mol. The first-order chi connectivity index (χ1) is 11.5. The summed E-state index contributed by atoms with van der Waals surface area (Å²) in [5, 5.41) is 1.63. The van der Waals surface area contributed by atoms with Crippen LogP contribution in [0.15, 0.2) is 18.2 Å². The van der Waals surface area contributed by atoms with Gasteiger partial charge >= 0.3 is 0 Å². The Kier molecular flexibility index (Phi) is 5.33. The number of piperazine rings is 1. The Hall–Kier alpha value is -1.30. The van der Waals surface area contributed by atoms with Gasteiger partial charge in [0.25, 0.3) is 5.91 Å². The van der Waals surface area contributed by atoms with E-state index in [1.807, 2.05) is 23.1 Å². The number of hydrogen-bond donors (Lipinski definition) is 0. The third-order valence-corrected chi connectivity index (χ3v) is 5.64. The number of carbonyl (C=O) groups is 1. The standard InChI is InChI=1S/C18H23ClN2O2S/c1-12(2)11-20-6-8-21(9-7-20)18(22)17-16(23-3)14-5-4-13(19)10-15(14)24-17/h4-5,10,12H,6-9,11H2,1-3H3. The Labute approximate surface area is 151 Å². The van der Waals surface area contributed by atoms with E-state index in [0.29, 0.717) is 21.6 Å². The van der Waals surface area contributed by atoms with Crippen molar-refractivity contribution in [3.8, 4) is 5.75 Å². The second-order valence-corrected chi connectivity index (χ2v) is 8.08. The number of nitrogens with zero attached hydrogens (tertiary/aromatic N) is 2. The number of rotatable bonds is 4. The van der Waals surface area contributed by atoms with Crippen molar-refractivity contribution in [2.45, 2.75) is 13.8 Å². The van der Waals surface area contributed by atoms with Crippen LogP contribution in [0.2, 0.25) is 5.02 Å². The van der Waals surface area contributed by atoms with Crippen molar-refractivity contribution in [3.63, 3.8) is 0 Å². The molecule has 0 saturated carbocycles. The van der Waals surface area contributed by atoms with Gasteiger partial charge in [0.05, 0.1) is 7.11 Å². The predicted octanol–water partition coefficient (Wildman–Crippen LogP) is 3.98. The summed E-state index contributed by atoms with van der Waals surface area (Å²) in [6, 6.07) is 5.64. The lowest BCUT2D eigenvalue weighted by atomic mass is 10.2. The van der Waals surface area contributed by atoms with E-state index < -0.39 is 0 Å². The van der Waals surface area contributed by atoms with Crippen molar-refractivity contribution >= 4 is 38.9 Å². The van der Waals surface area contributed by atoms with Gasteiger partial charge < -0.3 is 9.64 Å². The van der Waals surface area contributed by atoms with Gasteiger partial charge in [0, 0.05) is 47.8 Å². The smallest absolute Gasteiger partial charge is 0.267 e. The number of methoxy groups -OCH3 is 1. The summed E-state index contributed by atoms with van der Waals surface area (Å²) in [6.45, 7) is 8.95. The summed E-state index contributed by atoms with van der Waals surface area (Å²) in [5.41, 5.74) is 0. The van der Waals surface area contributed by atoms with Crippen LogP contribution in [-0.2, 0) is 0 Å². The molecule has 130 valence electrons. The minimum absolute atomic E-state index is 0.0633. The highest BCUT2D eigenvalue weighted by atomic mass is 35.5. The molecule has 2 aromatic rings. The Morgan fingerprint density at radius 3 is 2.62 bits per heavy atom. The lowest BCUT2D eigenvalue weighted by Gasteiger charge is -2.35. The first-order valence-electron chi connectivity index (χ1n) is 8.27. The van der Waals surface area contributed by atoms with Crippen LogP contribution in [0.5, 0.6) is 5.75 Å². The molecule has 4 nitrogen and oxygen atoms in total. The van der Waals surface area contributed by atoms with Crippen molar-refractivity contribution in [3.05, 3.63) is 28.1 Å². The molecule has 0 radical (unpaired) electrons. The van der Waals surface area contributed by atoms with Crippen LogP contribution in [-0.4, -0.2) is 55.5 Å². The van der Waals surface area contributed by atoms with Gasteiger partial charge in [-0.2, -0.15) is 0 Å². The number of benzene rings is 1. The van der Waals surface area contributed by atoms with Crippen LogP contribution in [0.25, 0.3) is 10.1 Å². The maximum atomic E-state index is 13.0. The third kappa shape index (κ3) is 3.53. The van der Waals surface area contributed by atoms with E-state index in [-0.39, 0.29) is 5.91 Å². The number of halogens is 1. The van der Waals surface area contributed by atoms with Gasteiger partial charge in [-0.3, -0.25) is 9.69 Å². The zero-order chi connectivity index (χ0) is 17.3. The Bertz CT molecular complexity index is 736. The molecule has 1 saturated heterocycles. The molecule has 0 unspecified atom stereocenters. The van der Waals surface area contributed by atoms with Crippen molar-refractivity contribution < 1.29 is 9.53 Å². The molecule has 0 N–H and O–H groups in total. The zero-order valence-corrected chi connectivity index (χ0v) is 15.9. The first kappa shape index (κ1) is 17.5. The number of fused-ring (bicyclic) bond motifs is 1. The van der Waals surface area contributed by atoms with Gasteiger partial charge in [-0.15, -0.1) is 11.3 Å². The van der Waals surface area contributed by atoms with Crippen LogP contribution >= 0.6 is 22.9 Å². The van der Waals surface area contributed by atoms with E-state index in [2.05, 4.69) is 18.7 Å². The fourth-order valence-electron chi connectivity index (χ4n) is 3.18. The van der Waals surface area contributed by atoms with Crippen molar-refractivity contribution in [2.75, 3.05) is 39.8 Å². The van der Waals surface area contributed by atoms with Crippen LogP contribution in [0, 0.1) is 5.92 Å². The molecule has 0 spiro atoms. The van der Waals surface area contributed by atoms with E-state index in [0.717, 1.165) is 42.8 Å². The third-order valence-electron chi connectivity index (χ3n) is 4.29. The number of hydrogen-bond acceptors (Lipinski definition) is 4. The zero-order valence-electron chi connectivity index (χ0n) is 14.3. The second-order valence-electron chi connectivity index (χ2n) is 6.59. The maximum Gasteiger partial charge on any atom is 0.267 e. The van der Waals surface area contributed by atoms with E-state index in [1.54, 1.807) is 7.11 Å². The Morgan fingerprint density at radius 1 is 1.29 bits per heavy atom. The molecule has 0 atom stereocenters. The highest BCUT2D eigenvalue weighted by Gasteiger charge is 2.27. The molecular weight excluding hydrogens is 344 g/mol. The fraction of sp³-hybridized carbons (Fsp3) is 0.500. The van der Waals surface area contributed by atoms with Crippen LogP contribution in [0.4, 0.5) is 0 Å². The normalized spacial score (nSPS) is 16.1. The molecule has 1 aliphatic rings. The summed E-state index contributed by atoms with van der Waals surface area (Å²) in [5.74, 6) is 1.38. The SMILES string of the molecule is COc1c(C(=O)N2CCN(CC(C)C)CC2)sc2cc(Cl)ccc12. The Balaban J connectivity index is 1.79. The van der Waals surface area contributed by atoms with Gasteiger partial charge in [-0.25, -0.2) is 0 Å². The van der Waals surface area contributed by atoms with Gasteiger partial charge in [0.1, 0.15) is 10.6 Å². The van der Waals surface area contributed by atoms with E-state index in [1.165, 1.54) is 11.3 Å². The number of thiophene rings is 1. The van der Waals surface area contributed by atoms with E-state index >= 15 is 0 Å². The average molecular weight is 367 g/mol. The topological polar surface area (TPSA) is 32.8 Å². The van der Waals surface area contributed by atoms with Gasteiger partial charge in [-0.05, 0) is 24.1 Å². The highest BCUT2D eigenvalue weighted by Crippen LogP contribution is 2.39. The van der Waals surface area contributed by atoms with Gasteiger partial charge in [0.2, 0.25) is 0 Å². The number of carbonyl (C=O) groups excluding carboxylic acids is 1. The summed E-state index contributed by atoms with van der Waals surface area (Å²) >= 11 is 7.54. The van der Waals surface area contributed by atoms with Crippen LogP contribution < -0.4 is 4.74 Å². The fourth-order valence-corrected chi connectivity index (χ4v) is 4.60. The molecule has 2 heterocycles. The summed E-state index contributed by atoms with van der Waals surface area (Å²) in [6.07, 6.45) is 0. The maximum absolute atomic E-state index is 13.0.